The predicted molar refractivity (Wildman–Crippen MR) is 327 cm³/mol. The van der Waals surface area contributed by atoms with Crippen molar-refractivity contribution >= 4 is 105 Å². The first kappa shape index (κ1) is 60.2. The molecule has 0 spiro atoms. The van der Waals surface area contributed by atoms with Crippen LogP contribution in [0.5, 0.6) is 0 Å². The van der Waals surface area contributed by atoms with Crippen LogP contribution in [-0.4, -0.2) is 139 Å². The van der Waals surface area contributed by atoms with E-state index in [9.17, 15) is 19.2 Å². The molecular weight excluding hydrogens is 1190 g/mol. The second-order valence-corrected chi connectivity index (χ2v) is 24.3. The lowest BCUT2D eigenvalue weighted by Crippen LogP contribution is -2.41. The number of carbonyl (C=O) groups is 4. The van der Waals surface area contributed by atoms with E-state index in [4.69, 9.17) is 35.3 Å². The van der Waals surface area contributed by atoms with Gasteiger partial charge in [-0.1, -0.05) is 36.4 Å². The lowest BCUT2D eigenvalue weighted by Gasteiger charge is -2.32. The molecule has 24 nitrogen and oxygen atoms in total. The standard InChI is InChI=1S/C26H28N8O3.C18H21BN2O3.C14H19IN6O2/c1-26(2,3)37-25(36)33-13-11-18(14-33)34-23-20(22(27)29-15-30-23)21(32-34)16-7-9-17(10-8-16)24(35)31-19-6-4-5-12-28-19;1-17(2)18(3,4)24-19(23-17)14-10-8-13(9-11-14)16(22)21-15-7-5-6-12-20-15;1-14(2,3)23-13(22)20-5-4-8(6-20)21-12-9(10(15)19-21)11(16)17-7-18-12/h4-10,12,15,18H,11,13-14H2,1-3H3,(H2,27,29,30)(H,28,31,35);5-12H,1-4H3,(H,20,21,22);7-8H,4-6H2,1-3H3,(H2,16,17,18)/t18-;;8-/m1.1/s1. The fourth-order valence-electron chi connectivity index (χ4n) is 9.33. The number of hydrogen-bond donors (Lipinski definition) is 4. The molecule has 6 aromatic heterocycles. The number of rotatable bonds is 8. The van der Waals surface area contributed by atoms with Crippen LogP contribution in [0, 0.1) is 3.70 Å². The Hall–Kier alpha value is -8.37. The van der Waals surface area contributed by atoms with E-state index in [0.29, 0.717) is 89.4 Å². The molecule has 0 aliphatic carbocycles. The van der Waals surface area contributed by atoms with Crippen molar-refractivity contribution in [2.24, 2.45) is 0 Å². The molecule has 3 fully saturated rings. The van der Waals surface area contributed by atoms with Crippen LogP contribution in [0.1, 0.15) is 115 Å². The number of carbonyl (C=O) groups excluding carboxylic acids is 4. The molecular formula is C58H68BIN16O8. The van der Waals surface area contributed by atoms with E-state index < -0.39 is 18.3 Å². The van der Waals surface area contributed by atoms with Gasteiger partial charge in [-0.05, 0) is 159 Å². The number of nitrogens with zero attached hydrogens (tertiary/aromatic N) is 12. The Morgan fingerprint density at radius 2 is 1.05 bits per heavy atom. The topological polar surface area (TPSA) is 301 Å². The number of halogens is 1. The third-order valence-corrected chi connectivity index (χ3v) is 15.0. The predicted octanol–water partition coefficient (Wildman–Crippen LogP) is 8.73. The molecule has 26 heteroatoms. The molecule has 0 unspecified atom stereocenters. The van der Waals surface area contributed by atoms with E-state index in [0.717, 1.165) is 26.5 Å². The zero-order chi connectivity index (χ0) is 60.3. The van der Waals surface area contributed by atoms with Gasteiger partial charge in [0.1, 0.15) is 56.5 Å². The molecule has 9 heterocycles. The highest BCUT2D eigenvalue weighted by molar-refractivity contribution is 14.1. The van der Waals surface area contributed by atoms with Crippen molar-refractivity contribution in [3.63, 3.8) is 0 Å². The van der Waals surface area contributed by atoms with Gasteiger partial charge in [0, 0.05) is 55.3 Å². The first-order valence-electron chi connectivity index (χ1n) is 27.3. The smallest absolute Gasteiger partial charge is 0.444 e. The van der Waals surface area contributed by atoms with Crippen LogP contribution in [0.15, 0.2) is 110 Å². The fourth-order valence-corrected chi connectivity index (χ4v) is 10.1. The lowest BCUT2D eigenvalue weighted by atomic mass is 9.79. The quantitative estimate of drug-likeness (QED) is 0.0816. The molecule has 3 aliphatic rings. The van der Waals surface area contributed by atoms with E-state index >= 15 is 0 Å². The molecule has 3 aliphatic heterocycles. The Bertz CT molecular complexity index is 3650. The van der Waals surface area contributed by atoms with E-state index in [-0.39, 0.29) is 47.3 Å². The van der Waals surface area contributed by atoms with Gasteiger partial charge in [-0.15, -0.1) is 0 Å². The van der Waals surface area contributed by atoms with Gasteiger partial charge < -0.3 is 50.7 Å². The van der Waals surface area contributed by atoms with Gasteiger partial charge in [0.2, 0.25) is 0 Å². The van der Waals surface area contributed by atoms with Crippen molar-refractivity contribution in [1.82, 2.24) is 59.3 Å². The lowest BCUT2D eigenvalue weighted by molar-refractivity contribution is 0.00578. The molecule has 2 aromatic carbocycles. The van der Waals surface area contributed by atoms with Crippen molar-refractivity contribution in [2.45, 2.75) is 117 Å². The maximum absolute atomic E-state index is 12.6. The van der Waals surface area contributed by atoms with E-state index in [1.807, 2.05) is 109 Å². The average molecular weight is 1260 g/mol. The second kappa shape index (κ2) is 24.5. The normalized spacial score (nSPS) is 17.2. The van der Waals surface area contributed by atoms with E-state index in [1.165, 1.54) is 12.7 Å². The zero-order valence-electron chi connectivity index (χ0n) is 48.5. The molecule has 4 amide bonds. The van der Waals surface area contributed by atoms with Crippen molar-refractivity contribution in [3.8, 4) is 11.3 Å². The third kappa shape index (κ3) is 14.0. The van der Waals surface area contributed by atoms with Crippen molar-refractivity contribution in [3.05, 3.63) is 125 Å². The van der Waals surface area contributed by atoms with Crippen LogP contribution in [0.4, 0.5) is 32.9 Å². The Kier molecular flexibility index (Phi) is 17.5. The number of nitrogens with two attached hydrogens (primary N) is 2. The average Bonchev–Trinajstić information content (AvgIpc) is 2.98. The van der Waals surface area contributed by atoms with Crippen molar-refractivity contribution < 1.29 is 38.0 Å². The molecule has 438 valence electrons. The fraction of sp³-hybridized carbons (Fsp3) is 0.379. The van der Waals surface area contributed by atoms with Gasteiger partial charge >= 0.3 is 19.3 Å². The minimum absolute atomic E-state index is 0.0582. The molecule has 0 bridgehead atoms. The Balaban J connectivity index is 0.000000158. The summed E-state index contributed by atoms with van der Waals surface area (Å²) in [7, 11) is -0.428. The van der Waals surface area contributed by atoms with Crippen LogP contribution in [0.25, 0.3) is 33.3 Å². The highest BCUT2D eigenvalue weighted by atomic mass is 127. The minimum atomic E-state index is -0.566. The van der Waals surface area contributed by atoms with E-state index in [2.05, 4.69) is 68.2 Å². The molecule has 0 radical (unpaired) electrons. The zero-order valence-corrected chi connectivity index (χ0v) is 50.7. The van der Waals surface area contributed by atoms with Crippen molar-refractivity contribution in [1.29, 1.82) is 0 Å². The number of aromatic nitrogens is 10. The summed E-state index contributed by atoms with van der Waals surface area (Å²) in [6, 6.07) is 24.9. The largest absolute Gasteiger partial charge is 0.494 e. The van der Waals surface area contributed by atoms with Gasteiger partial charge in [-0.3, -0.25) is 9.59 Å². The number of fused-ring (bicyclic) bond motifs is 2. The summed E-state index contributed by atoms with van der Waals surface area (Å²) in [5, 5.41) is 16.3. The summed E-state index contributed by atoms with van der Waals surface area (Å²) in [5.41, 5.74) is 15.0. The molecule has 8 aromatic rings. The summed E-state index contributed by atoms with van der Waals surface area (Å²) < 4.78 is 27.4. The summed E-state index contributed by atoms with van der Waals surface area (Å²) in [6.45, 7) is 21.4. The van der Waals surface area contributed by atoms with Gasteiger partial charge in [0.25, 0.3) is 11.8 Å². The van der Waals surface area contributed by atoms with Gasteiger partial charge in [0.15, 0.2) is 11.3 Å². The van der Waals surface area contributed by atoms with Crippen LogP contribution < -0.4 is 27.6 Å². The first-order valence-corrected chi connectivity index (χ1v) is 28.4. The maximum Gasteiger partial charge on any atom is 0.494 e. The first-order chi connectivity index (χ1) is 39.7. The Labute approximate surface area is 500 Å². The Morgan fingerprint density at radius 3 is 1.50 bits per heavy atom. The number of ether oxygens (including phenoxy) is 2. The van der Waals surface area contributed by atoms with Crippen molar-refractivity contribution in [2.75, 3.05) is 48.3 Å². The highest BCUT2D eigenvalue weighted by Gasteiger charge is 2.51. The number of likely N-dealkylation sites (tertiary alicyclic amines) is 2. The molecule has 11 rings (SSSR count). The minimum Gasteiger partial charge on any atom is -0.444 e. The highest BCUT2D eigenvalue weighted by Crippen LogP contribution is 2.37. The van der Waals surface area contributed by atoms with Crippen LogP contribution in [0.2, 0.25) is 0 Å². The summed E-state index contributed by atoms with van der Waals surface area (Å²) in [5.74, 6) is 1.27. The molecule has 0 saturated carbocycles. The monoisotopic (exact) mass is 1250 g/mol. The van der Waals surface area contributed by atoms with Crippen LogP contribution >= 0.6 is 22.6 Å². The van der Waals surface area contributed by atoms with Gasteiger partial charge in [0.05, 0.1) is 34.1 Å². The number of pyridine rings is 2. The van der Waals surface area contributed by atoms with Gasteiger partial charge in [-0.2, -0.15) is 10.2 Å². The third-order valence-electron chi connectivity index (χ3n) is 14.2. The van der Waals surface area contributed by atoms with Crippen LogP contribution in [-0.2, 0) is 18.8 Å². The SMILES string of the molecule is CC(C)(C)OC(=O)N1CC[C@@H](n2nc(-c3ccc(C(=O)Nc4ccccn4)cc3)c3c(N)ncnc32)C1.CC(C)(C)OC(=O)N1CC[C@@H](n2nc(I)c3c(N)ncnc32)C1.CC1(C)OB(c2ccc(C(=O)Nc3ccccn3)cc2)OC1(C)C. The molecule has 2 atom stereocenters. The summed E-state index contributed by atoms with van der Waals surface area (Å²) in [6.07, 6.45) is 6.96. The number of nitrogen functional groups attached to an aromatic ring is 2. The molecule has 84 heavy (non-hydrogen) atoms. The van der Waals surface area contributed by atoms with Gasteiger partial charge in [-0.25, -0.2) is 48.9 Å². The summed E-state index contributed by atoms with van der Waals surface area (Å²) in [4.78, 5) is 78.2. The molecule has 3 saturated heterocycles. The number of benzene rings is 2. The van der Waals surface area contributed by atoms with E-state index in [1.54, 1.807) is 76.8 Å². The number of anilines is 4. The Morgan fingerprint density at radius 1 is 0.607 bits per heavy atom. The maximum atomic E-state index is 12.6. The summed E-state index contributed by atoms with van der Waals surface area (Å²) >= 11 is 2.13. The number of amides is 4. The molecule has 6 N–H and O–H groups in total. The van der Waals surface area contributed by atoms with Crippen LogP contribution in [0.3, 0.4) is 0 Å². The second-order valence-electron chi connectivity index (χ2n) is 23.3. The number of hydrogen-bond acceptors (Lipinski definition) is 18. The number of nitrogens with one attached hydrogen (secondary N) is 2.